The lowest BCUT2D eigenvalue weighted by molar-refractivity contribution is 0.855. The summed E-state index contributed by atoms with van der Waals surface area (Å²) in [6.07, 6.45) is 0.741. The van der Waals surface area contributed by atoms with Crippen LogP contribution in [0.2, 0.25) is 0 Å². The van der Waals surface area contributed by atoms with Crippen molar-refractivity contribution < 1.29 is 0 Å². The minimum atomic E-state index is 0. The zero-order valence-electron chi connectivity index (χ0n) is 6.52. The lowest BCUT2D eigenvalue weighted by atomic mass is 10.5. The number of halogens is 2. The Labute approximate surface area is 82.5 Å². The molecule has 0 aromatic carbocycles. The standard InChI is InChI=1S/C4H10N6.2ClH/c1-2-3-8-9-4(7-5)10(3)6;;/h2,5-6H2,1H3,(H,7,9);2*1H. The number of anilines is 1. The molecule has 1 aromatic heterocycles. The van der Waals surface area contributed by atoms with Gasteiger partial charge in [0.1, 0.15) is 0 Å². The summed E-state index contributed by atoms with van der Waals surface area (Å²) in [5.74, 6) is 11.6. The maximum atomic E-state index is 5.47. The molecule has 1 rings (SSSR count). The largest absolute Gasteiger partial charge is 0.335 e. The van der Waals surface area contributed by atoms with Gasteiger partial charge in [-0.1, -0.05) is 6.92 Å². The van der Waals surface area contributed by atoms with Gasteiger partial charge < -0.3 is 5.84 Å². The van der Waals surface area contributed by atoms with Crippen LogP contribution < -0.4 is 17.1 Å². The summed E-state index contributed by atoms with van der Waals surface area (Å²) in [5, 5.41) is 7.41. The highest BCUT2D eigenvalue weighted by Gasteiger charge is 2.03. The Morgan fingerprint density at radius 2 is 2.00 bits per heavy atom. The smallest absolute Gasteiger partial charge is 0.257 e. The minimum Gasteiger partial charge on any atom is -0.335 e. The molecule has 0 amide bonds. The van der Waals surface area contributed by atoms with Gasteiger partial charge in [0.05, 0.1) is 0 Å². The molecule has 0 unspecified atom stereocenters. The van der Waals surface area contributed by atoms with Crippen LogP contribution in [0.3, 0.4) is 0 Å². The molecular weight excluding hydrogens is 203 g/mol. The minimum absolute atomic E-state index is 0. The van der Waals surface area contributed by atoms with E-state index in [9.17, 15) is 0 Å². The first-order valence-electron chi connectivity index (χ1n) is 2.95. The molecule has 0 bridgehead atoms. The number of hydrazine groups is 1. The highest BCUT2D eigenvalue weighted by Crippen LogP contribution is 1.99. The summed E-state index contributed by atoms with van der Waals surface area (Å²) >= 11 is 0. The zero-order valence-corrected chi connectivity index (χ0v) is 8.15. The van der Waals surface area contributed by atoms with E-state index in [0.717, 1.165) is 6.42 Å². The summed E-state index contributed by atoms with van der Waals surface area (Å²) in [6, 6.07) is 0. The van der Waals surface area contributed by atoms with Crippen molar-refractivity contribution in [3.05, 3.63) is 5.82 Å². The van der Waals surface area contributed by atoms with E-state index in [-0.39, 0.29) is 24.8 Å². The molecule has 0 aliphatic carbocycles. The molecule has 0 aliphatic rings. The Bertz CT molecular complexity index is 202. The van der Waals surface area contributed by atoms with Gasteiger partial charge in [-0.25, -0.2) is 10.5 Å². The molecule has 6 nitrogen and oxygen atoms in total. The fourth-order valence-electron chi connectivity index (χ4n) is 0.663. The number of aryl methyl sites for hydroxylation is 1. The van der Waals surface area contributed by atoms with E-state index in [4.69, 9.17) is 11.7 Å². The van der Waals surface area contributed by atoms with Crippen LogP contribution in [0.1, 0.15) is 12.7 Å². The SMILES string of the molecule is CCc1nnc(NN)n1N.Cl.Cl. The molecule has 0 atom stereocenters. The quantitative estimate of drug-likeness (QED) is 0.464. The summed E-state index contributed by atoms with van der Waals surface area (Å²) in [7, 11) is 0. The van der Waals surface area contributed by atoms with Crippen molar-refractivity contribution in [2.24, 2.45) is 5.84 Å². The van der Waals surface area contributed by atoms with Crippen LogP contribution >= 0.6 is 24.8 Å². The number of hydrogen-bond acceptors (Lipinski definition) is 5. The van der Waals surface area contributed by atoms with E-state index in [1.807, 2.05) is 6.92 Å². The van der Waals surface area contributed by atoms with Gasteiger partial charge >= 0.3 is 0 Å². The number of rotatable bonds is 2. The van der Waals surface area contributed by atoms with Crippen LogP contribution in [0.25, 0.3) is 0 Å². The van der Waals surface area contributed by atoms with Crippen LogP contribution in [0, 0.1) is 0 Å². The number of aromatic nitrogens is 3. The third kappa shape index (κ3) is 2.40. The Morgan fingerprint density at radius 3 is 2.25 bits per heavy atom. The number of hydrogen-bond donors (Lipinski definition) is 3. The third-order valence-electron chi connectivity index (χ3n) is 1.21. The number of nitrogen functional groups attached to an aromatic ring is 2. The number of nitrogens with two attached hydrogens (primary N) is 2. The van der Waals surface area contributed by atoms with Crippen LogP contribution in [0.15, 0.2) is 0 Å². The van der Waals surface area contributed by atoms with Crippen molar-refractivity contribution in [1.29, 1.82) is 0 Å². The Morgan fingerprint density at radius 1 is 1.42 bits per heavy atom. The van der Waals surface area contributed by atoms with Crippen LogP contribution in [-0.4, -0.2) is 14.9 Å². The van der Waals surface area contributed by atoms with Crippen molar-refractivity contribution in [1.82, 2.24) is 14.9 Å². The van der Waals surface area contributed by atoms with Crippen molar-refractivity contribution in [3.8, 4) is 0 Å². The summed E-state index contributed by atoms with van der Waals surface area (Å²) in [6.45, 7) is 1.94. The third-order valence-corrected chi connectivity index (χ3v) is 1.21. The Hall–Kier alpha value is -0.720. The maximum Gasteiger partial charge on any atom is 0.257 e. The summed E-state index contributed by atoms with van der Waals surface area (Å²) < 4.78 is 1.32. The molecule has 5 N–H and O–H groups in total. The molecule has 72 valence electrons. The molecule has 8 heteroatoms. The van der Waals surface area contributed by atoms with E-state index in [0.29, 0.717) is 11.8 Å². The van der Waals surface area contributed by atoms with Crippen molar-refractivity contribution in [2.75, 3.05) is 11.3 Å². The molecule has 0 aliphatic heterocycles. The summed E-state index contributed by atoms with van der Waals surface area (Å²) in [5.41, 5.74) is 2.31. The molecule has 0 saturated heterocycles. The van der Waals surface area contributed by atoms with Gasteiger partial charge in [0.2, 0.25) is 0 Å². The second kappa shape index (κ2) is 5.87. The van der Waals surface area contributed by atoms with Gasteiger partial charge in [0.15, 0.2) is 5.82 Å². The van der Waals surface area contributed by atoms with E-state index < -0.39 is 0 Å². The molecule has 0 radical (unpaired) electrons. The first kappa shape index (κ1) is 13.8. The lowest BCUT2D eigenvalue weighted by Crippen LogP contribution is -2.19. The lowest BCUT2D eigenvalue weighted by Gasteiger charge is -1.98. The Balaban J connectivity index is 0. The van der Waals surface area contributed by atoms with Crippen molar-refractivity contribution >= 4 is 30.8 Å². The van der Waals surface area contributed by atoms with E-state index >= 15 is 0 Å². The fraction of sp³-hybridized carbons (Fsp3) is 0.500. The van der Waals surface area contributed by atoms with Gasteiger partial charge in [-0.15, -0.1) is 35.0 Å². The number of nitrogens with zero attached hydrogens (tertiary/aromatic N) is 3. The van der Waals surface area contributed by atoms with Crippen LogP contribution in [-0.2, 0) is 6.42 Å². The van der Waals surface area contributed by atoms with E-state index in [1.54, 1.807) is 0 Å². The molecule has 12 heavy (non-hydrogen) atoms. The first-order valence-corrected chi connectivity index (χ1v) is 2.95. The van der Waals surface area contributed by atoms with Gasteiger partial charge in [-0.3, -0.25) is 5.43 Å². The molecule has 0 fully saturated rings. The second-order valence-electron chi connectivity index (χ2n) is 1.81. The zero-order chi connectivity index (χ0) is 7.56. The summed E-state index contributed by atoms with van der Waals surface area (Å²) in [4.78, 5) is 0. The second-order valence-corrected chi connectivity index (χ2v) is 1.81. The molecule has 0 saturated carbocycles. The normalized spacial score (nSPS) is 8.17. The predicted molar refractivity (Wildman–Crippen MR) is 51.9 cm³/mol. The highest BCUT2D eigenvalue weighted by atomic mass is 35.5. The van der Waals surface area contributed by atoms with Crippen molar-refractivity contribution in [2.45, 2.75) is 13.3 Å². The van der Waals surface area contributed by atoms with Gasteiger partial charge in [0.25, 0.3) is 5.95 Å². The molecular formula is C4H12Cl2N6. The fourth-order valence-corrected chi connectivity index (χ4v) is 0.663. The predicted octanol–water partition coefficient (Wildman–Crippen LogP) is -0.317. The van der Waals surface area contributed by atoms with Gasteiger partial charge in [-0.2, -0.15) is 0 Å². The average Bonchev–Trinajstić information content (AvgIpc) is 2.30. The Kier molecular flexibility index (Phi) is 6.77. The van der Waals surface area contributed by atoms with Crippen molar-refractivity contribution in [3.63, 3.8) is 0 Å². The highest BCUT2D eigenvalue weighted by molar-refractivity contribution is 5.85. The topological polar surface area (TPSA) is 94.8 Å². The van der Waals surface area contributed by atoms with Crippen LogP contribution in [0.4, 0.5) is 5.95 Å². The average molecular weight is 215 g/mol. The van der Waals surface area contributed by atoms with E-state index in [1.165, 1.54) is 4.68 Å². The van der Waals surface area contributed by atoms with Gasteiger partial charge in [-0.05, 0) is 0 Å². The molecule has 1 heterocycles. The molecule has 0 spiro atoms. The molecule has 1 aromatic rings. The number of nitrogens with one attached hydrogen (secondary N) is 1. The monoisotopic (exact) mass is 214 g/mol. The maximum absolute atomic E-state index is 5.47. The first-order chi connectivity index (χ1) is 4.79. The van der Waals surface area contributed by atoms with Gasteiger partial charge in [0, 0.05) is 6.42 Å². The van der Waals surface area contributed by atoms with Crippen LogP contribution in [0.5, 0.6) is 0 Å². The van der Waals surface area contributed by atoms with E-state index in [2.05, 4.69) is 15.6 Å².